The second kappa shape index (κ2) is 10.8. The molecule has 0 radical (unpaired) electrons. The van der Waals surface area contributed by atoms with Crippen molar-refractivity contribution in [1.82, 2.24) is 15.1 Å². The van der Waals surface area contributed by atoms with Gasteiger partial charge in [0.2, 0.25) is 5.91 Å². The van der Waals surface area contributed by atoms with Crippen molar-refractivity contribution in [2.24, 2.45) is 23.7 Å². The largest absolute Gasteiger partial charge is 0.493 e. The fraction of sp³-hybridized carbons (Fsp3) is 0.606. The van der Waals surface area contributed by atoms with Crippen molar-refractivity contribution in [3.8, 4) is 11.5 Å². The van der Waals surface area contributed by atoms with E-state index in [1.165, 1.54) is 43.2 Å². The number of benzene rings is 2. The van der Waals surface area contributed by atoms with Gasteiger partial charge in [-0.2, -0.15) is 0 Å². The van der Waals surface area contributed by atoms with Crippen LogP contribution in [0.1, 0.15) is 55.2 Å². The zero-order valence-electron chi connectivity index (χ0n) is 23.8. The number of carbonyl (C=O) groups is 1. The molecule has 4 bridgehead atoms. The smallest absolute Gasteiger partial charge is 0.240 e. The first kappa shape index (κ1) is 26.6. The molecule has 4 aliphatic carbocycles. The van der Waals surface area contributed by atoms with Gasteiger partial charge in [-0.25, -0.2) is 0 Å². The van der Waals surface area contributed by atoms with Crippen LogP contribution in [0.15, 0.2) is 36.4 Å². The van der Waals surface area contributed by atoms with Gasteiger partial charge in [-0.15, -0.1) is 0 Å². The number of nitrogens with one attached hydrogen (secondary N) is 1. The monoisotopic (exact) mass is 563 g/mol. The summed E-state index contributed by atoms with van der Waals surface area (Å²) in [6.07, 6.45) is 8.84. The van der Waals surface area contributed by atoms with Crippen LogP contribution in [0, 0.1) is 23.7 Å². The lowest BCUT2D eigenvalue weighted by atomic mass is 9.54. The first-order chi connectivity index (χ1) is 19.5. The molecule has 2 aromatic carbocycles. The van der Waals surface area contributed by atoms with E-state index >= 15 is 0 Å². The molecule has 1 saturated heterocycles. The van der Waals surface area contributed by atoms with Crippen LogP contribution in [0.2, 0.25) is 5.02 Å². The number of likely N-dealkylation sites (tertiary alicyclic amines) is 1. The van der Waals surface area contributed by atoms with Crippen LogP contribution in [0.25, 0.3) is 0 Å². The number of rotatable bonds is 7. The quantitative estimate of drug-likeness (QED) is 0.495. The number of amides is 1. The van der Waals surface area contributed by atoms with Crippen LogP contribution in [0.4, 0.5) is 0 Å². The van der Waals surface area contributed by atoms with E-state index in [4.69, 9.17) is 21.1 Å². The van der Waals surface area contributed by atoms with Gasteiger partial charge < -0.3 is 19.7 Å². The summed E-state index contributed by atoms with van der Waals surface area (Å²) in [5, 5.41) is 4.90. The zero-order chi connectivity index (χ0) is 27.4. The van der Waals surface area contributed by atoms with Gasteiger partial charge in [0.05, 0.1) is 20.3 Å². The SMILES string of the molecule is COc1cc2c(cc1OC)CN(C(=O)[C@@H]1C[C@@H](NC3C4CC5CC(C4)CC3C5)CN1Cc1ccc(Cl)cc1)CC2. The molecule has 0 aromatic heterocycles. The summed E-state index contributed by atoms with van der Waals surface area (Å²) in [5.41, 5.74) is 3.61. The maximum Gasteiger partial charge on any atom is 0.240 e. The fourth-order valence-electron chi connectivity index (χ4n) is 9.03. The minimum Gasteiger partial charge on any atom is -0.493 e. The van der Waals surface area contributed by atoms with E-state index in [9.17, 15) is 4.79 Å². The average Bonchev–Trinajstić information content (AvgIpc) is 3.36. The summed E-state index contributed by atoms with van der Waals surface area (Å²) in [5.74, 6) is 5.34. The van der Waals surface area contributed by atoms with Gasteiger partial charge in [-0.3, -0.25) is 9.69 Å². The highest BCUT2D eigenvalue weighted by atomic mass is 35.5. The van der Waals surface area contributed by atoms with Crippen molar-refractivity contribution in [3.63, 3.8) is 0 Å². The Morgan fingerprint density at radius 1 is 0.925 bits per heavy atom. The van der Waals surface area contributed by atoms with E-state index in [-0.39, 0.29) is 11.9 Å². The highest BCUT2D eigenvalue weighted by Crippen LogP contribution is 2.54. The second-order valence-electron chi connectivity index (χ2n) is 13.1. The highest BCUT2D eigenvalue weighted by molar-refractivity contribution is 6.30. The van der Waals surface area contributed by atoms with Crippen LogP contribution in [-0.2, 0) is 24.3 Å². The van der Waals surface area contributed by atoms with E-state index in [1.807, 2.05) is 18.2 Å². The molecular weight excluding hydrogens is 522 g/mol. The van der Waals surface area contributed by atoms with Crippen molar-refractivity contribution < 1.29 is 14.3 Å². The molecule has 40 heavy (non-hydrogen) atoms. The molecule has 2 heterocycles. The Kier molecular flexibility index (Phi) is 7.22. The summed E-state index contributed by atoms with van der Waals surface area (Å²) in [7, 11) is 3.34. The normalized spacial score (nSPS) is 32.8. The van der Waals surface area contributed by atoms with Crippen molar-refractivity contribution in [3.05, 3.63) is 58.1 Å². The highest BCUT2D eigenvalue weighted by Gasteiger charge is 2.49. The first-order valence-corrected chi connectivity index (χ1v) is 15.6. The summed E-state index contributed by atoms with van der Waals surface area (Å²) in [4.78, 5) is 18.7. The molecule has 8 rings (SSSR count). The second-order valence-corrected chi connectivity index (χ2v) is 13.5. The summed E-state index contributed by atoms with van der Waals surface area (Å²) in [6, 6.07) is 13.1. The third-order valence-electron chi connectivity index (χ3n) is 10.7. The Balaban J connectivity index is 1.09. The topological polar surface area (TPSA) is 54.0 Å². The summed E-state index contributed by atoms with van der Waals surface area (Å²) >= 11 is 6.18. The van der Waals surface area contributed by atoms with E-state index in [1.54, 1.807) is 14.2 Å². The van der Waals surface area contributed by atoms with Gasteiger partial charge in [0.25, 0.3) is 0 Å². The Labute approximate surface area is 243 Å². The maximum atomic E-state index is 14.2. The van der Waals surface area contributed by atoms with Crippen LogP contribution in [0.3, 0.4) is 0 Å². The number of fused-ring (bicyclic) bond motifs is 1. The van der Waals surface area contributed by atoms with Gasteiger partial charge >= 0.3 is 0 Å². The van der Waals surface area contributed by atoms with Gasteiger partial charge in [0.15, 0.2) is 11.5 Å². The molecule has 6 nitrogen and oxygen atoms in total. The predicted octanol–water partition coefficient (Wildman–Crippen LogP) is 5.30. The van der Waals surface area contributed by atoms with Gasteiger partial charge in [-0.1, -0.05) is 23.7 Å². The Hall–Kier alpha value is -2.28. The lowest BCUT2D eigenvalue weighted by molar-refractivity contribution is -0.137. The third kappa shape index (κ3) is 5.01. The molecule has 2 aliphatic heterocycles. The van der Waals surface area contributed by atoms with Gasteiger partial charge in [0, 0.05) is 43.3 Å². The minimum atomic E-state index is -0.119. The number of methoxy groups -OCH3 is 2. The standard InChI is InChI=1S/C33H42ClN3O3/c1-39-30-14-23-7-8-36(18-26(23)15-31(30)40-2)33(38)29-16-28(19-37(29)17-20-3-5-27(34)6-4-20)35-32-24-10-21-9-22(12-24)13-25(32)11-21/h3-6,14-15,21-22,24-25,28-29,32,35H,7-13,16-19H2,1-2H3/t21?,22?,24?,25?,28-,29+,32?/m1/s1. The van der Waals surface area contributed by atoms with Crippen LogP contribution < -0.4 is 14.8 Å². The maximum absolute atomic E-state index is 14.2. The molecule has 5 fully saturated rings. The summed E-state index contributed by atoms with van der Waals surface area (Å²) < 4.78 is 11.1. The first-order valence-electron chi connectivity index (χ1n) is 15.2. The van der Waals surface area contributed by atoms with Gasteiger partial charge in [0.1, 0.15) is 0 Å². The Bertz CT molecular complexity index is 1220. The average molecular weight is 564 g/mol. The van der Waals surface area contributed by atoms with E-state index in [0.29, 0.717) is 18.6 Å². The third-order valence-corrected chi connectivity index (χ3v) is 10.9. The van der Waals surface area contributed by atoms with E-state index < -0.39 is 0 Å². The molecule has 6 aliphatic rings. The molecular formula is C33H42ClN3O3. The van der Waals surface area contributed by atoms with Crippen LogP contribution >= 0.6 is 11.6 Å². The molecule has 7 heteroatoms. The minimum absolute atomic E-state index is 0.119. The van der Waals surface area contributed by atoms with Crippen molar-refractivity contribution in [2.75, 3.05) is 27.3 Å². The molecule has 2 aromatic rings. The molecule has 1 amide bonds. The zero-order valence-corrected chi connectivity index (χ0v) is 24.5. The van der Waals surface area contributed by atoms with Crippen LogP contribution in [-0.4, -0.2) is 61.1 Å². The summed E-state index contributed by atoms with van der Waals surface area (Å²) in [6.45, 7) is 3.04. The number of hydrogen-bond acceptors (Lipinski definition) is 5. The molecule has 0 unspecified atom stereocenters. The molecule has 4 saturated carbocycles. The van der Waals surface area contributed by atoms with Gasteiger partial charge in [-0.05, 0) is 110 Å². The van der Waals surface area contributed by atoms with E-state index in [0.717, 1.165) is 78.2 Å². The van der Waals surface area contributed by atoms with Crippen molar-refractivity contribution in [2.45, 2.75) is 76.2 Å². The lowest BCUT2D eigenvalue weighted by Gasteiger charge is -2.55. The predicted molar refractivity (Wildman–Crippen MR) is 157 cm³/mol. The number of nitrogens with zero attached hydrogens (tertiary/aromatic N) is 2. The molecule has 1 N–H and O–H groups in total. The molecule has 2 atom stereocenters. The number of hydrogen-bond donors (Lipinski definition) is 1. The van der Waals surface area contributed by atoms with Crippen molar-refractivity contribution in [1.29, 1.82) is 0 Å². The molecule has 0 spiro atoms. The number of carbonyl (C=O) groups excluding carboxylic acids is 1. The molecule has 214 valence electrons. The van der Waals surface area contributed by atoms with E-state index in [2.05, 4.69) is 33.3 Å². The fourth-order valence-corrected chi connectivity index (χ4v) is 9.16. The lowest BCUT2D eigenvalue weighted by Crippen LogP contribution is -2.57. The van der Waals surface area contributed by atoms with Crippen molar-refractivity contribution >= 4 is 17.5 Å². The van der Waals surface area contributed by atoms with Crippen LogP contribution in [0.5, 0.6) is 11.5 Å². The Morgan fingerprint density at radius 3 is 2.23 bits per heavy atom. The Morgan fingerprint density at radius 2 is 1.57 bits per heavy atom. The number of ether oxygens (including phenoxy) is 2. The number of halogens is 1.